The summed E-state index contributed by atoms with van der Waals surface area (Å²) in [7, 11) is 0. The molecule has 56 heavy (non-hydrogen) atoms. The van der Waals surface area contributed by atoms with E-state index in [4.69, 9.17) is 0 Å². The van der Waals surface area contributed by atoms with Crippen LogP contribution in [0, 0.1) is 0 Å². The van der Waals surface area contributed by atoms with Gasteiger partial charge < -0.3 is 9.47 Å². The summed E-state index contributed by atoms with van der Waals surface area (Å²) in [5, 5.41) is 2.53. The van der Waals surface area contributed by atoms with E-state index in [1.54, 1.807) is 0 Å². The number of para-hydroxylation sites is 2. The molecule has 0 spiro atoms. The summed E-state index contributed by atoms with van der Waals surface area (Å²) in [6, 6.07) is 83.0. The zero-order valence-electron chi connectivity index (χ0n) is 30.8. The van der Waals surface area contributed by atoms with Crippen LogP contribution in [0.2, 0.25) is 0 Å². The molecular formula is C54H38N2. The van der Waals surface area contributed by atoms with Gasteiger partial charge in [0.05, 0.1) is 11.0 Å². The van der Waals surface area contributed by atoms with E-state index in [1.165, 1.54) is 66.3 Å². The van der Waals surface area contributed by atoms with E-state index >= 15 is 0 Å². The van der Waals surface area contributed by atoms with Crippen LogP contribution >= 0.6 is 0 Å². The Morgan fingerprint density at radius 3 is 1.27 bits per heavy atom. The van der Waals surface area contributed by atoms with Gasteiger partial charge in [-0.15, -0.1) is 0 Å². The van der Waals surface area contributed by atoms with Gasteiger partial charge in [-0.25, -0.2) is 0 Å². The van der Waals surface area contributed by atoms with Gasteiger partial charge in [-0.2, -0.15) is 0 Å². The molecule has 0 unspecified atom stereocenters. The quantitative estimate of drug-likeness (QED) is 0.152. The van der Waals surface area contributed by atoms with E-state index in [0.29, 0.717) is 0 Å². The summed E-state index contributed by atoms with van der Waals surface area (Å²) in [6.45, 7) is 0. The summed E-state index contributed by atoms with van der Waals surface area (Å²) >= 11 is 0. The molecule has 2 nitrogen and oxygen atoms in total. The minimum atomic E-state index is 1.09. The smallest absolute Gasteiger partial charge is 0.0541 e. The molecule has 1 aromatic heterocycles. The number of aromatic nitrogens is 1. The lowest BCUT2D eigenvalue weighted by Crippen LogP contribution is -2.10. The first kappa shape index (κ1) is 33.2. The van der Waals surface area contributed by atoms with Gasteiger partial charge in [0.1, 0.15) is 0 Å². The Labute approximate surface area is 327 Å². The molecule has 0 fully saturated rings. The van der Waals surface area contributed by atoms with Gasteiger partial charge in [0.15, 0.2) is 0 Å². The lowest BCUT2D eigenvalue weighted by molar-refractivity contribution is 1.18. The normalized spacial score (nSPS) is 11.2. The Morgan fingerprint density at radius 1 is 0.268 bits per heavy atom. The van der Waals surface area contributed by atoms with E-state index in [9.17, 15) is 0 Å². The molecule has 0 saturated heterocycles. The molecule has 0 aliphatic carbocycles. The summed E-state index contributed by atoms with van der Waals surface area (Å²) in [6.07, 6.45) is 0. The molecule has 0 atom stereocenters. The van der Waals surface area contributed by atoms with Gasteiger partial charge >= 0.3 is 0 Å². The first-order chi connectivity index (χ1) is 27.8. The highest BCUT2D eigenvalue weighted by molar-refractivity contribution is 6.09. The van der Waals surface area contributed by atoms with E-state index in [0.717, 1.165) is 22.7 Å². The van der Waals surface area contributed by atoms with Crippen molar-refractivity contribution in [3.05, 3.63) is 231 Å². The third-order valence-electron chi connectivity index (χ3n) is 10.8. The molecule has 10 rings (SSSR count). The van der Waals surface area contributed by atoms with Gasteiger partial charge in [-0.1, -0.05) is 170 Å². The summed E-state index contributed by atoms with van der Waals surface area (Å²) in [5.74, 6) is 0. The fraction of sp³-hybridized carbons (Fsp3) is 0. The first-order valence-electron chi connectivity index (χ1n) is 19.2. The van der Waals surface area contributed by atoms with E-state index < -0.39 is 0 Å². The molecule has 0 bridgehead atoms. The minimum absolute atomic E-state index is 1.09. The highest BCUT2D eigenvalue weighted by atomic mass is 15.1. The van der Waals surface area contributed by atoms with Crippen LogP contribution in [0.5, 0.6) is 0 Å². The Morgan fingerprint density at radius 2 is 0.696 bits per heavy atom. The van der Waals surface area contributed by atoms with Crippen LogP contribution in [-0.2, 0) is 0 Å². The Bertz CT molecular complexity index is 2870. The SMILES string of the molecule is c1ccc(-c2ccc(N(c3ccc(-c4cccc(-n5c6ccccc6c6ccccc65)c4)cc3)c3ccc(-c4ccccc4)c(-c4ccccc4)c3)cc2)cc1. The number of benzene rings is 9. The maximum absolute atomic E-state index is 2.38. The van der Waals surface area contributed by atoms with Crippen molar-refractivity contribution >= 4 is 38.9 Å². The molecule has 0 aliphatic rings. The lowest BCUT2D eigenvalue weighted by atomic mass is 9.93. The fourth-order valence-corrected chi connectivity index (χ4v) is 8.11. The molecule has 0 radical (unpaired) electrons. The summed E-state index contributed by atoms with van der Waals surface area (Å²) in [4.78, 5) is 2.37. The van der Waals surface area contributed by atoms with Gasteiger partial charge in [0, 0.05) is 33.5 Å². The maximum Gasteiger partial charge on any atom is 0.0541 e. The predicted octanol–water partition coefficient (Wildman–Crippen LogP) is 14.9. The van der Waals surface area contributed by atoms with Crippen LogP contribution in [0.1, 0.15) is 0 Å². The second-order valence-electron chi connectivity index (χ2n) is 14.2. The van der Waals surface area contributed by atoms with Crippen molar-refractivity contribution in [3.8, 4) is 50.2 Å². The number of anilines is 3. The van der Waals surface area contributed by atoms with Crippen molar-refractivity contribution in [3.63, 3.8) is 0 Å². The van der Waals surface area contributed by atoms with E-state index in [-0.39, 0.29) is 0 Å². The zero-order valence-corrected chi connectivity index (χ0v) is 30.8. The van der Waals surface area contributed by atoms with Crippen LogP contribution in [0.25, 0.3) is 72.0 Å². The third kappa shape index (κ3) is 6.14. The Kier molecular flexibility index (Phi) is 8.55. The molecule has 9 aromatic carbocycles. The third-order valence-corrected chi connectivity index (χ3v) is 10.8. The number of hydrogen-bond acceptors (Lipinski definition) is 1. The standard InChI is InChI=1S/C54H38N2/c1-4-15-39(16-5-1)40-27-31-45(32-28-40)55(48-35-36-49(42-17-6-2-7-18-42)52(38-48)43-19-8-3-9-20-43)46-33-29-41(30-34-46)44-21-14-22-47(37-44)56-53-25-12-10-23-50(53)51-24-11-13-26-54(51)56/h1-38H. The van der Waals surface area contributed by atoms with Crippen LogP contribution in [0.3, 0.4) is 0 Å². The Hall–Kier alpha value is -7.42. The van der Waals surface area contributed by atoms with Crippen LogP contribution in [0.15, 0.2) is 231 Å². The van der Waals surface area contributed by atoms with Gasteiger partial charge in [0.25, 0.3) is 0 Å². The Balaban J connectivity index is 1.07. The van der Waals surface area contributed by atoms with E-state index in [2.05, 4.69) is 240 Å². The van der Waals surface area contributed by atoms with Crippen LogP contribution in [0.4, 0.5) is 17.1 Å². The second kappa shape index (κ2) is 14.4. The molecule has 0 N–H and O–H groups in total. The topological polar surface area (TPSA) is 8.17 Å². The van der Waals surface area contributed by atoms with Crippen molar-refractivity contribution in [1.29, 1.82) is 0 Å². The van der Waals surface area contributed by atoms with Crippen LogP contribution < -0.4 is 4.90 Å². The fourth-order valence-electron chi connectivity index (χ4n) is 8.11. The maximum atomic E-state index is 2.38. The average Bonchev–Trinajstić information content (AvgIpc) is 3.62. The highest BCUT2D eigenvalue weighted by Gasteiger charge is 2.18. The predicted molar refractivity (Wildman–Crippen MR) is 237 cm³/mol. The zero-order chi connectivity index (χ0) is 37.3. The number of fused-ring (bicyclic) bond motifs is 3. The first-order valence-corrected chi connectivity index (χ1v) is 19.2. The molecule has 0 aliphatic heterocycles. The lowest BCUT2D eigenvalue weighted by Gasteiger charge is -2.27. The number of nitrogens with zero attached hydrogens (tertiary/aromatic N) is 2. The van der Waals surface area contributed by atoms with Gasteiger partial charge in [-0.05, 0) is 105 Å². The van der Waals surface area contributed by atoms with Gasteiger partial charge in [-0.3, -0.25) is 0 Å². The molecular weight excluding hydrogens is 677 g/mol. The molecule has 10 aromatic rings. The second-order valence-corrected chi connectivity index (χ2v) is 14.2. The monoisotopic (exact) mass is 714 g/mol. The molecule has 0 amide bonds. The summed E-state index contributed by atoms with van der Waals surface area (Å²) in [5.41, 5.74) is 16.4. The number of hydrogen-bond donors (Lipinski definition) is 0. The highest BCUT2D eigenvalue weighted by Crippen LogP contribution is 2.42. The van der Waals surface area contributed by atoms with E-state index in [1.807, 2.05) is 0 Å². The van der Waals surface area contributed by atoms with Crippen molar-refractivity contribution in [1.82, 2.24) is 4.57 Å². The van der Waals surface area contributed by atoms with Crippen molar-refractivity contribution in [2.75, 3.05) is 4.90 Å². The molecule has 2 heteroatoms. The van der Waals surface area contributed by atoms with Crippen LogP contribution in [-0.4, -0.2) is 4.57 Å². The molecule has 1 heterocycles. The largest absolute Gasteiger partial charge is 0.310 e. The van der Waals surface area contributed by atoms with Crippen molar-refractivity contribution in [2.24, 2.45) is 0 Å². The molecule has 264 valence electrons. The minimum Gasteiger partial charge on any atom is -0.310 e. The number of rotatable bonds is 8. The molecule has 0 saturated carbocycles. The van der Waals surface area contributed by atoms with Gasteiger partial charge in [0.2, 0.25) is 0 Å². The summed E-state index contributed by atoms with van der Waals surface area (Å²) < 4.78 is 2.38. The average molecular weight is 715 g/mol. The van der Waals surface area contributed by atoms with Crippen molar-refractivity contribution < 1.29 is 0 Å². The van der Waals surface area contributed by atoms with Crippen molar-refractivity contribution in [2.45, 2.75) is 0 Å².